The van der Waals surface area contributed by atoms with Crippen molar-refractivity contribution in [3.05, 3.63) is 42.2 Å². The van der Waals surface area contributed by atoms with E-state index >= 15 is 0 Å². The molecule has 0 radical (unpaired) electrons. The van der Waals surface area contributed by atoms with Gasteiger partial charge in [-0.05, 0) is 19.1 Å². The summed E-state index contributed by atoms with van der Waals surface area (Å²) >= 11 is 0. The molecule has 0 aromatic heterocycles. The molecule has 0 bridgehead atoms. The Labute approximate surface area is 78.7 Å². The Hall–Kier alpha value is -1.01. The number of hydrogen-bond donors (Lipinski definition) is 0. The fourth-order valence-corrected chi connectivity index (χ4v) is 1.46. The van der Waals surface area contributed by atoms with Crippen LogP contribution in [0, 0.1) is 6.92 Å². The molecule has 1 aromatic carbocycles. The van der Waals surface area contributed by atoms with E-state index in [-0.39, 0.29) is 0 Å². The second-order valence-electron chi connectivity index (χ2n) is 3.00. The van der Waals surface area contributed by atoms with Crippen molar-refractivity contribution in [1.82, 2.24) is 0 Å². The quantitative estimate of drug-likeness (QED) is 0.692. The predicted molar refractivity (Wildman–Crippen MR) is 55.5 cm³/mol. The highest BCUT2D eigenvalue weighted by Crippen LogP contribution is 2.43. The number of rotatable bonds is 3. The average Bonchev–Trinajstić information content (AvgIpc) is 2.09. The number of aryl methyl sites for hydroxylation is 1. The van der Waals surface area contributed by atoms with Crippen LogP contribution >= 0.6 is 7.37 Å². The molecule has 0 saturated carbocycles. The van der Waals surface area contributed by atoms with E-state index in [1.54, 1.807) is 18.8 Å². The van der Waals surface area contributed by atoms with Crippen molar-refractivity contribution in [2.75, 3.05) is 6.66 Å². The van der Waals surface area contributed by atoms with E-state index < -0.39 is 7.37 Å². The van der Waals surface area contributed by atoms with Crippen molar-refractivity contribution in [3.63, 3.8) is 0 Å². The van der Waals surface area contributed by atoms with Gasteiger partial charge in [0.15, 0.2) is 0 Å². The summed E-state index contributed by atoms with van der Waals surface area (Å²) in [6, 6.07) is 7.43. The largest absolute Gasteiger partial charge is 0.440 e. The van der Waals surface area contributed by atoms with E-state index in [0.29, 0.717) is 5.75 Å². The van der Waals surface area contributed by atoms with Gasteiger partial charge in [-0.25, -0.2) is 0 Å². The first-order valence-electron chi connectivity index (χ1n) is 4.00. The molecule has 0 heterocycles. The van der Waals surface area contributed by atoms with Gasteiger partial charge in [-0.1, -0.05) is 24.3 Å². The van der Waals surface area contributed by atoms with Gasteiger partial charge < -0.3 is 4.52 Å². The Morgan fingerprint density at radius 1 is 1.38 bits per heavy atom. The van der Waals surface area contributed by atoms with Gasteiger partial charge in [0.2, 0.25) is 0 Å². The van der Waals surface area contributed by atoms with E-state index in [1.165, 1.54) is 5.82 Å². The summed E-state index contributed by atoms with van der Waals surface area (Å²) in [5.41, 5.74) is 1.15. The third kappa shape index (κ3) is 3.08. The molecule has 0 aliphatic rings. The van der Waals surface area contributed by atoms with E-state index in [0.717, 1.165) is 5.56 Å². The van der Waals surface area contributed by atoms with Crippen LogP contribution in [-0.4, -0.2) is 6.66 Å². The van der Waals surface area contributed by atoms with Crippen molar-refractivity contribution < 1.29 is 9.09 Å². The molecule has 13 heavy (non-hydrogen) atoms. The molecule has 0 spiro atoms. The van der Waals surface area contributed by atoms with Gasteiger partial charge in [-0.3, -0.25) is 4.57 Å². The molecule has 0 N–H and O–H groups in total. The summed E-state index contributed by atoms with van der Waals surface area (Å²) in [7, 11) is -2.65. The van der Waals surface area contributed by atoms with Crippen molar-refractivity contribution in [3.8, 4) is 5.75 Å². The van der Waals surface area contributed by atoms with Crippen LogP contribution in [0.25, 0.3) is 0 Å². The first-order valence-corrected chi connectivity index (χ1v) is 6.15. The number of hydrogen-bond acceptors (Lipinski definition) is 2. The fourth-order valence-electron chi connectivity index (χ4n) is 0.846. The highest BCUT2D eigenvalue weighted by Gasteiger charge is 2.10. The zero-order valence-corrected chi connectivity index (χ0v) is 8.75. The molecule has 0 fully saturated rings. The third-order valence-electron chi connectivity index (χ3n) is 1.64. The molecule has 2 nitrogen and oxygen atoms in total. The van der Waals surface area contributed by atoms with Gasteiger partial charge >= 0.3 is 0 Å². The Kier molecular flexibility index (Phi) is 2.94. The lowest BCUT2D eigenvalue weighted by Gasteiger charge is -2.10. The summed E-state index contributed by atoms with van der Waals surface area (Å²) in [5.74, 6) is 1.98. The summed E-state index contributed by atoms with van der Waals surface area (Å²) in [6.07, 6.45) is 0. The minimum atomic E-state index is -2.65. The minimum absolute atomic E-state index is 0.622. The topological polar surface area (TPSA) is 26.3 Å². The van der Waals surface area contributed by atoms with E-state index in [1.807, 2.05) is 19.1 Å². The smallest absolute Gasteiger partial charge is 0.266 e. The molecule has 3 heteroatoms. The summed E-state index contributed by atoms with van der Waals surface area (Å²) in [4.78, 5) is 0. The highest BCUT2D eigenvalue weighted by atomic mass is 31.2. The van der Waals surface area contributed by atoms with Crippen molar-refractivity contribution >= 4 is 7.37 Å². The molecule has 1 atom stereocenters. The van der Waals surface area contributed by atoms with E-state index in [9.17, 15) is 4.57 Å². The standard InChI is InChI=1S/C10H13O2P/c1-4-13(3,11)12-10-7-5-9(2)6-8-10/h4-8H,1H2,2-3H3. The second kappa shape index (κ2) is 3.80. The maximum absolute atomic E-state index is 11.5. The second-order valence-corrected chi connectivity index (χ2v) is 5.36. The molecule has 1 rings (SSSR count). The minimum Gasteiger partial charge on any atom is -0.440 e. The Morgan fingerprint density at radius 2 is 1.92 bits per heavy atom. The van der Waals surface area contributed by atoms with Crippen LogP contribution in [0.1, 0.15) is 5.56 Å². The molecule has 1 unspecified atom stereocenters. The van der Waals surface area contributed by atoms with Gasteiger partial charge in [-0.15, -0.1) is 0 Å². The highest BCUT2D eigenvalue weighted by molar-refractivity contribution is 7.61. The van der Waals surface area contributed by atoms with Crippen LogP contribution in [-0.2, 0) is 4.57 Å². The molecule has 70 valence electrons. The molecular weight excluding hydrogens is 183 g/mol. The van der Waals surface area contributed by atoms with Gasteiger partial charge in [0.25, 0.3) is 7.37 Å². The van der Waals surface area contributed by atoms with Crippen molar-refractivity contribution in [1.29, 1.82) is 0 Å². The van der Waals surface area contributed by atoms with Crippen LogP contribution in [0.3, 0.4) is 0 Å². The van der Waals surface area contributed by atoms with Crippen LogP contribution in [0.5, 0.6) is 5.75 Å². The maximum atomic E-state index is 11.5. The average molecular weight is 196 g/mol. The fraction of sp³-hybridized carbons (Fsp3) is 0.200. The SMILES string of the molecule is C=CP(C)(=O)Oc1ccc(C)cc1. The molecule has 1 aromatic rings. The maximum Gasteiger partial charge on any atom is 0.266 e. The normalized spacial score (nSPS) is 14.6. The third-order valence-corrected chi connectivity index (χ3v) is 2.88. The van der Waals surface area contributed by atoms with Gasteiger partial charge in [0.1, 0.15) is 5.75 Å². The van der Waals surface area contributed by atoms with Crippen molar-refractivity contribution in [2.24, 2.45) is 0 Å². The zero-order chi connectivity index (χ0) is 9.90. The van der Waals surface area contributed by atoms with E-state index in [4.69, 9.17) is 4.52 Å². The lowest BCUT2D eigenvalue weighted by Crippen LogP contribution is -1.87. The van der Waals surface area contributed by atoms with Gasteiger partial charge in [0.05, 0.1) is 0 Å². The summed E-state index contributed by atoms with van der Waals surface area (Å²) in [6.45, 7) is 6.99. The Morgan fingerprint density at radius 3 is 2.38 bits per heavy atom. The van der Waals surface area contributed by atoms with Crippen LogP contribution in [0.15, 0.2) is 36.7 Å². The van der Waals surface area contributed by atoms with Crippen LogP contribution in [0.4, 0.5) is 0 Å². The predicted octanol–water partition coefficient (Wildman–Crippen LogP) is 3.43. The van der Waals surface area contributed by atoms with Crippen LogP contribution in [0.2, 0.25) is 0 Å². The van der Waals surface area contributed by atoms with E-state index in [2.05, 4.69) is 6.58 Å². The zero-order valence-electron chi connectivity index (χ0n) is 7.86. The summed E-state index contributed by atoms with van der Waals surface area (Å²) < 4.78 is 16.7. The monoisotopic (exact) mass is 196 g/mol. The van der Waals surface area contributed by atoms with Crippen LogP contribution < -0.4 is 4.52 Å². The summed E-state index contributed by atoms with van der Waals surface area (Å²) in [5, 5.41) is 0. The molecule has 0 aliphatic heterocycles. The molecular formula is C10H13O2P. The van der Waals surface area contributed by atoms with Gasteiger partial charge in [0, 0.05) is 12.5 Å². The first kappa shape index (κ1) is 10.1. The number of benzene rings is 1. The van der Waals surface area contributed by atoms with Gasteiger partial charge in [-0.2, -0.15) is 0 Å². The molecule has 0 amide bonds. The molecule has 0 aliphatic carbocycles. The Balaban J connectivity index is 2.81. The Bertz CT molecular complexity index is 340. The van der Waals surface area contributed by atoms with Crippen molar-refractivity contribution in [2.45, 2.75) is 6.92 Å². The molecule has 0 saturated heterocycles. The lowest BCUT2D eigenvalue weighted by molar-refractivity contribution is 0.498. The lowest BCUT2D eigenvalue weighted by atomic mass is 10.2. The first-order chi connectivity index (χ1) is 6.03.